The molecule has 6 heteroatoms. The van der Waals surface area contributed by atoms with Crippen molar-refractivity contribution < 1.29 is 13.2 Å². The molecule has 118 valence electrons. The molecule has 1 N–H and O–H groups in total. The summed E-state index contributed by atoms with van der Waals surface area (Å²) in [6, 6.07) is 2.66. The zero-order chi connectivity index (χ0) is 14.9. The molecule has 0 radical (unpaired) electrons. The van der Waals surface area contributed by atoms with E-state index in [2.05, 4.69) is 11.4 Å². The molecule has 1 aromatic heterocycles. The molecule has 0 spiro atoms. The molecule has 2 heterocycles. The highest BCUT2D eigenvalue weighted by Crippen LogP contribution is 2.30. The monoisotopic (exact) mass is 318 g/mol. The summed E-state index contributed by atoms with van der Waals surface area (Å²) in [5, 5.41) is 3.51. The van der Waals surface area contributed by atoms with Crippen molar-refractivity contribution in [3.63, 3.8) is 0 Å². The molecular weight excluding hydrogens is 297 g/mol. The number of rotatable bonds is 4. The summed E-state index contributed by atoms with van der Waals surface area (Å²) in [7, 11) is 0. The van der Waals surface area contributed by atoms with Crippen molar-refractivity contribution in [1.82, 2.24) is 10.2 Å². The van der Waals surface area contributed by atoms with Crippen molar-refractivity contribution in [3.8, 4) is 0 Å². The summed E-state index contributed by atoms with van der Waals surface area (Å²) < 4.78 is 37.0. The predicted octanol–water partition coefficient (Wildman–Crippen LogP) is 3.35. The second kappa shape index (κ2) is 6.26. The minimum atomic E-state index is -4.07. The number of likely N-dealkylation sites (tertiary alicyclic amines) is 1. The SMILES string of the molecule is FC(F)(F)CN1CCC(NCc2cc3c(s2)CCC3)CC1. The van der Waals surface area contributed by atoms with Crippen molar-refractivity contribution >= 4 is 11.3 Å². The van der Waals surface area contributed by atoms with E-state index in [4.69, 9.17) is 0 Å². The van der Waals surface area contributed by atoms with Gasteiger partial charge in [-0.25, -0.2) is 0 Å². The first kappa shape index (κ1) is 15.3. The number of fused-ring (bicyclic) bond motifs is 1. The Hall–Kier alpha value is -0.590. The molecule has 0 unspecified atom stereocenters. The highest BCUT2D eigenvalue weighted by molar-refractivity contribution is 7.12. The molecule has 2 nitrogen and oxygen atoms in total. The second-order valence-corrected chi connectivity index (χ2v) is 7.28. The molecule has 1 saturated heterocycles. The van der Waals surface area contributed by atoms with E-state index < -0.39 is 12.7 Å². The number of aryl methyl sites for hydroxylation is 2. The fourth-order valence-electron chi connectivity index (χ4n) is 3.27. The average Bonchev–Trinajstić information content (AvgIpc) is 2.96. The lowest BCUT2D eigenvalue weighted by molar-refractivity contribution is -0.148. The van der Waals surface area contributed by atoms with Crippen molar-refractivity contribution in [1.29, 1.82) is 0 Å². The van der Waals surface area contributed by atoms with Gasteiger partial charge in [0.05, 0.1) is 6.54 Å². The van der Waals surface area contributed by atoms with Crippen LogP contribution in [0.2, 0.25) is 0 Å². The molecule has 1 fully saturated rings. The van der Waals surface area contributed by atoms with Crippen LogP contribution in [0.4, 0.5) is 13.2 Å². The predicted molar refractivity (Wildman–Crippen MR) is 78.7 cm³/mol. The number of nitrogens with zero attached hydrogens (tertiary/aromatic N) is 1. The molecule has 0 atom stereocenters. The van der Waals surface area contributed by atoms with Crippen LogP contribution in [-0.4, -0.2) is 36.8 Å². The van der Waals surface area contributed by atoms with Gasteiger partial charge in [0.25, 0.3) is 0 Å². The molecule has 0 bridgehead atoms. The second-order valence-electron chi connectivity index (χ2n) is 6.06. The highest BCUT2D eigenvalue weighted by atomic mass is 32.1. The maximum Gasteiger partial charge on any atom is 0.401 e. The quantitative estimate of drug-likeness (QED) is 0.916. The van der Waals surface area contributed by atoms with E-state index in [9.17, 15) is 13.2 Å². The lowest BCUT2D eigenvalue weighted by atomic mass is 10.1. The first-order valence-electron chi connectivity index (χ1n) is 7.62. The topological polar surface area (TPSA) is 15.3 Å². The Morgan fingerprint density at radius 1 is 1.24 bits per heavy atom. The van der Waals surface area contributed by atoms with Gasteiger partial charge in [-0.15, -0.1) is 11.3 Å². The first-order chi connectivity index (χ1) is 9.99. The van der Waals surface area contributed by atoms with Crippen molar-refractivity contribution in [2.45, 2.75) is 50.9 Å². The van der Waals surface area contributed by atoms with E-state index in [0.717, 1.165) is 19.4 Å². The summed E-state index contributed by atoms with van der Waals surface area (Å²) in [6.45, 7) is 1.18. The van der Waals surface area contributed by atoms with E-state index in [1.54, 1.807) is 0 Å². The van der Waals surface area contributed by atoms with Gasteiger partial charge in [-0.05, 0) is 56.8 Å². The van der Waals surface area contributed by atoms with E-state index in [1.165, 1.54) is 39.5 Å². The largest absolute Gasteiger partial charge is 0.401 e. The third-order valence-electron chi connectivity index (χ3n) is 4.35. The van der Waals surface area contributed by atoms with Gasteiger partial charge >= 0.3 is 6.18 Å². The lowest BCUT2D eigenvalue weighted by Gasteiger charge is -2.32. The molecular formula is C15H21F3N2S. The summed E-state index contributed by atoms with van der Waals surface area (Å²) >= 11 is 1.90. The Morgan fingerprint density at radius 2 is 2.00 bits per heavy atom. The first-order valence-corrected chi connectivity index (χ1v) is 8.44. The van der Waals surface area contributed by atoms with Gasteiger partial charge in [0.15, 0.2) is 0 Å². The minimum absolute atomic E-state index is 0.353. The van der Waals surface area contributed by atoms with Crippen LogP contribution in [0.25, 0.3) is 0 Å². The normalized spacial score (nSPS) is 20.9. The van der Waals surface area contributed by atoms with Crippen molar-refractivity contribution in [3.05, 3.63) is 21.4 Å². The lowest BCUT2D eigenvalue weighted by Crippen LogP contribution is -2.45. The number of alkyl halides is 3. The molecule has 0 amide bonds. The number of hydrogen-bond acceptors (Lipinski definition) is 3. The number of nitrogens with one attached hydrogen (secondary N) is 1. The smallest absolute Gasteiger partial charge is 0.309 e. The van der Waals surface area contributed by atoms with Gasteiger partial charge in [0, 0.05) is 22.3 Å². The van der Waals surface area contributed by atoms with Crippen LogP contribution in [0.15, 0.2) is 6.07 Å². The Labute approximate surface area is 127 Å². The van der Waals surface area contributed by atoms with Gasteiger partial charge in [-0.1, -0.05) is 0 Å². The number of halogens is 3. The van der Waals surface area contributed by atoms with Crippen LogP contribution in [-0.2, 0) is 19.4 Å². The van der Waals surface area contributed by atoms with Crippen molar-refractivity contribution in [2.24, 2.45) is 0 Å². The van der Waals surface area contributed by atoms with Crippen LogP contribution in [0.3, 0.4) is 0 Å². The fraction of sp³-hybridized carbons (Fsp3) is 0.733. The zero-order valence-corrected chi connectivity index (χ0v) is 12.8. The van der Waals surface area contributed by atoms with Gasteiger partial charge < -0.3 is 5.32 Å². The maximum atomic E-state index is 12.3. The molecule has 0 aromatic carbocycles. The molecule has 1 aliphatic carbocycles. The van der Waals surface area contributed by atoms with E-state index >= 15 is 0 Å². The Morgan fingerprint density at radius 3 is 2.67 bits per heavy atom. The van der Waals surface area contributed by atoms with E-state index in [1.807, 2.05) is 11.3 Å². The van der Waals surface area contributed by atoms with Crippen LogP contribution in [0.1, 0.15) is 34.6 Å². The third-order valence-corrected chi connectivity index (χ3v) is 5.59. The number of hydrogen-bond donors (Lipinski definition) is 1. The molecule has 2 aliphatic rings. The summed E-state index contributed by atoms with van der Waals surface area (Å²) in [5.74, 6) is 0. The molecule has 0 saturated carbocycles. The summed E-state index contributed by atoms with van der Waals surface area (Å²) in [5.41, 5.74) is 1.51. The Balaban J connectivity index is 1.41. The minimum Gasteiger partial charge on any atom is -0.309 e. The molecule has 3 rings (SSSR count). The zero-order valence-electron chi connectivity index (χ0n) is 12.0. The van der Waals surface area contributed by atoms with Crippen LogP contribution >= 0.6 is 11.3 Å². The molecule has 21 heavy (non-hydrogen) atoms. The number of thiophene rings is 1. The Bertz CT molecular complexity index is 454. The van der Waals surface area contributed by atoms with Crippen LogP contribution in [0.5, 0.6) is 0 Å². The maximum absolute atomic E-state index is 12.3. The van der Waals surface area contributed by atoms with E-state index in [0.29, 0.717) is 19.1 Å². The van der Waals surface area contributed by atoms with Gasteiger partial charge in [-0.2, -0.15) is 13.2 Å². The van der Waals surface area contributed by atoms with Crippen molar-refractivity contribution in [2.75, 3.05) is 19.6 Å². The fourth-order valence-corrected chi connectivity index (χ4v) is 4.48. The van der Waals surface area contributed by atoms with Crippen LogP contribution < -0.4 is 5.32 Å². The van der Waals surface area contributed by atoms with Gasteiger partial charge in [0.2, 0.25) is 0 Å². The van der Waals surface area contributed by atoms with Crippen LogP contribution in [0, 0.1) is 0 Å². The standard InChI is InChI=1S/C15H21F3N2S/c16-15(17,18)10-20-6-4-12(5-7-20)19-9-13-8-11-2-1-3-14(11)21-13/h8,12,19H,1-7,9-10H2. The summed E-state index contributed by atoms with van der Waals surface area (Å²) in [4.78, 5) is 4.42. The Kier molecular flexibility index (Phi) is 4.57. The van der Waals surface area contributed by atoms with E-state index in [-0.39, 0.29) is 0 Å². The highest BCUT2D eigenvalue weighted by Gasteiger charge is 2.32. The number of piperidine rings is 1. The third kappa shape index (κ3) is 4.20. The van der Waals surface area contributed by atoms with Gasteiger partial charge in [-0.3, -0.25) is 4.90 Å². The molecule has 1 aliphatic heterocycles. The average molecular weight is 318 g/mol. The summed E-state index contributed by atoms with van der Waals surface area (Å²) in [6.07, 6.45) is 1.25. The molecule has 1 aromatic rings. The van der Waals surface area contributed by atoms with Gasteiger partial charge in [0.1, 0.15) is 0 Å².